The third kappa shape index (κ3) is 5.18. The molecule has 0 fully saturated rings. The zero-order valence-corrected chi connectivity index (χ0v) is 14.6. The van der Waals surface area contributed by atoms with E-state index in [9.17, 15) is 13.2 Å². The van der Waals surface area contributed by atoms with Crippen molar-refractivity contribution in [3.8, 4) is 0 Å². The molecule has 0 bridgehead atoms. The third-order valence-corrected chi connectivity index (χ3v) is 5.13. The molecule has 1 amide bonds. The van der Waals surface area contributed by atoms with E-state index < -0.39 is 10.0 Å². The highest BCUT2D eigenvalue weighted by atomic mass is 32.2. The van der Waals surface area contributed by atoms with Crippen LogP contribution >= 0.6 is 0 Å². The van der Waals surface area contributed by atoms with Gasteiger partial charge >= 0.3 is 0 Å². The highest BCUT2D eigenvalue weighted by molar-refractivity contribution is 7.89. The molecule has 0 unspecified atom stereocenters. The van der Waals surface area contributed by atoms with Crippen molar-refractivity contribution in [2.75, 3.05) is 6.54 Å². The summed E-state index contributed by atoms with van der Waals surface area (Å²) in [5.74, 6) is -0.196. The number of nitrogens with one attached hydrogen (secondary N) is 2. The van der Waals surface area contributed by atoms with Gasteiger partial charge in [-0.25, -0.2) is 13.1 Å². The van der Waals surface area contributed by atoms with E-state index in [1.54, 1.807) is 24.3 Å². The molecule has 24 heavy (non-hydrogen) atoms. The molecule has 0 spiro atoms. The van der Waals surface area contributed by atoms with Crippen molar-refractivity contribution < 1.29 is 13.2 Å². The van der Waals surface area contributed by atoms with Crippen LogP contribution in [0.5, 0.6) is 0 Å². The van der Waals surface area contributed by atoms with Gasteiger partial charge in [0, 0.05) is 13.0 Å². The van der Waals surface area contributed by atoms with Crippen LogP contribution in [0, 0.1) is 6.92 Å². The van der Waals surface area contributed by atoms with Gasteiger partial charge in [-0.2, -0.15) is 0 Å². The molecule has 2 rings (SSSR count). The molecule has 0 aliphatic heterocycles. The number of hydrogen-bond donors (Lipinski definition) is 2. The Kier molecular flexibility index (Phi) is 6.11. The summed E-state index contributed by atoms with van der Waals surface area (Å²) in [6, 6.07) is 16.1. The molecule has 0 saturated heterocycles. The number of benzene rings is 2. The first kappa shape index (κ1) is 18.2. The van der Waals surface area contributed by atoms with Crippen molar-refractivity contribution in [2.45, 2.75) is 31.2 Å². The molecule has 0 heterocycles. The molecule has 0 radical (unpaired) electrons. The van der Waals surface area contributed by atoms with E-state index in [-0.39, 0.29) is 29.8 Å². The number of amides is 1. The molecule has 128 valence electrons. The summed E-state index contributed by atoms with van der Waals surface area (Å²) in [4.78, 5) is 12.1. The zero-order valence-electron chi connectivity index (χ0n) is 13.8. The molecule has 5 nitrogen and oxygen atoms in total. The van der Waals surface area contributed by atoms with Crippen LogP contribution in [0.3, 0.4) is 0 Å². The van der Waals surface area contributed by atoms with Crippen molar-refractivity contribution in [1.82, 2.24) is 10.0 Å². The molecule has 2 aromatic carbocycles. The van der Waals surface area contributed by atoms with E-state index in [1.807, 2.05) is 44.2 Å². The molecule has 2 N–H and O–H groups in total. The van der Waals surface area contributed by atoms with Gasteiger partial charge in [0.2, 0.25) is 15.9 Å². The zero-order chi connectivity index (χ0) is 17.6. The number of carbonyl (C=O) groups excluding carboxylic acids is 1. The molecule has 1 atom stereocenters. The van der Waals surface area contributed by atoms with Crippen molar-refractivity contribution in [1.29, 1.82) is 0 Å². The van der Waals surface area contributed by atoms with Gasteiger partial charge in [0.1, 0.15) is 0 Å². The van der Waals surface area contributed by atoms with Gasteiger partial charge in [-0.05, 0) is 31.5 Å². The second kappa shape index (κ2) is 8.08. The lowest BCUT2D eigenvalue weighted by Crippen LogP contribution is -2.32. The van der Waals surface area contributed by atoms with Crippen molar-refractivity contribution in [3.05, 3.63) is 65.7 Å². The van der Waals surface area contributed by atoms with E-state index in [1.165, 1.54) is 0 Å². The average molecular weight is 346 g/mol. The van der Waals surface area contributed by atoms with Crippen LogP contribution in [0.25, 0.3) is 0 Å². The molecule has 0 aliphatic rings. The van der Waals surface area contributed by atoms with Crippen molar-refractivity contribution in [2.24, 2.45) is 0 Å². The minimum absolute atomic E-state index is 0.0591. The van der Waals surface area contributed by atoms with E-state index in [0.29, 0.717) is 0 Å². The summed E-state index contributed by atoms with van der Waals surface area (Å²) < 4.78 is 26.7. The van der Waals surface area contributed by atoms with E-state index in [2.05, 4.69) is 10.0 Å². The normalized spacial score (nSPS) is 12.6. The van der Waals surface area contributed by atoms with Crippen LogP contribution < -0.4 is 10.0 Å². The highest BCUT2D eigenvalue weighted by Gasteiger charge is 2.14. The summed E-state index contributed by atoms with van der Waals surface area (Å²) >= 11 is 0. The van der Waals surface area contributed by atoms with Gasteiger partial charge < -0.3 is 5.32 Å². The van der Waals surface area contributed by atoms with Crippen LogP contribution in [-0.4, -0.2) is 20.9 Å². The number of rotatable bonds is 7. The van der Waals surface area contributed by atoms with Crippen LogP contribution in [0.4, 0.5) is 0 Å². The monoisotopic (exact) mass is 346 g/mol. The fraction of sp³-hybridized carbons (Fsp3) is 0.278. The maximum Gasteiger partial charge on any atom is 0.240 e. The van der Waals surface area contributed by atoms with Crippen LogP contribution in [0.2, 0.25) is 0 Å². The lowest BCUT2D eigenvalue weighted by atomic mass is 10.1. The Hall–Kier alpha value is -2.18. The highest BCUT2D eigenvalue weighted by Crippen LogP contribution is 2.12. The van der Waals surface area contributed by atoms with Gasteiger partial charge in [0.25, 0.3) is 0 Å². The Balaban J connectivity index is 1.83. The second-order valence-electron chi connectivity index (χ2n) is 5.66. The number of hydrogen-bond acceptors (Lipinski definition) is 3. The number of aryl methyl sites for hydroxylation is 1. The maximum absolute atomic E-state index is 12.1. The summed E-state index contributed by atoms with van der Waals surface area (Å²) in [6.07, 6.45) is 0.0856. The largest absolute Gasteiger partial charge is 0.350 e. The topological polar surface area (TPSA) is 75.3 Å². The number of carbonyl (C=O) groups is 1. The fourth-order valence-electron chi connectivity index (χ4n) is 2.24. The van der Waals surface area contributed by atoms with Gasteiger partial charge in [-0.1, -0.05) is 48.0 Å². The SMILES string of the molecule is Cc1ccc(S(=O)(=O)NCCC(=O)N[C@H](C)c2ccccc2)cc1. The lowest BCUT2D eigenvalue weighted by molar-refractivity contribution is -0.121. The Bertz CT molecular complexity index is 772. The molecule has 6 heteroatoms. The first-order valence-corrected chi connectivity index (χ1v) is 9.27. The molecular formula is C18H22N2O3S. The van der Waals surface area contributed by atoms with E-state index >= 15 is 0 Å². The molecule has 0 saturated carbocycles. The summed E-state index contributed by atoms with van der Waals surface area (Å²) in [5, 5.41) is 2.86. The molecule has 0 aromatic heterocycles. The fourth-order valence-corrected chi connectivity index (χ4v) is 3.27. The predicted molar refractivity (Wildman–Crippen MR) is 94.0 cm³/mol. The van der Waals surface area contributed by atoms with Crippen molar-refractivity contribution in [3.63, 3.8) is 0 Å². The maximum atomic E-state index is 12.1. The van der Waals surface area contributed by atoms with Gasteiger partial charge in [-0.15, -0.1) is 0 Å². The lowest BCUT2D eigenvalue weighted by Gasteiger charge is -2.14. The Morgan fingerprint density at radius 3 is 2.29 bits per heavy atom. The summed E-state index contributed by atoms with van der Waals surface area (Å²) in [7, 11) is -3.58. The molecule has 2 aromatic rings. The third-order valence-electron chi connectivity index (χ3n) is 3.65. The van der Waals surface area contributed by atoms with Gasteiger partial charge in [0.15, 0.2) is 0 Å². The Morgan fingerprint density at radius 1 is 1.04 bits per heavy atom. The average Bonchev–Trinajstić information content (AvgIpc) is 2.56. The molecular weight excluding hydrogens is 324 g/mol. The Morgan fingerprint density at radius 2 is 1.67 bits per heavy atom. The quantitative estimate of drug-likeness (QED) is 0.809. The summed E-state index contributed by atoms with van der Waals surface area (Å²) in [6.45, 7) is 3.84. The van der Waals surface area contributed by atoms with Crippen LogP contribution in [0.1, 0.15) is 30.5 Å². The minimum Gasteiger partial charge on any atom is -0.350 e. The summed E-state index contributed by atoms with van der Waals surface area (Å²) in [5.41, 5.74) is 1.99. The first-order chi connectivity index (χ1) is 11.4. The molecule has 0 aliphatic carbocycles. The first-order valence-electron chi connectivity index (χ1n) is 7.79. The predicted octanol–water partition coefficient (Wildman–Crippen LogP) is 2.54. The van der Waals surface area contributed by atoms with E-state index in [4.69, 9.17) is 0 Å². The van der Waals surface area contributed by atoms with Crippen molar-refractivity contribution >= 4 is 15.9 Å². The standard InChI is InChI=1S/C18H22N2O3S/c1-14-8-10-17(11-9-14)24(22,23)19-13-12-18(21)20-15(2)16-6-4-3-5-7-16/h3-11,15,19H,12-13H2,1-2H3,(H,20,21)/t15-/m1/s1. The Labute approximate surface area is 143 Å². The van der Waals surface area contributed by atoms with Gasteiger partial charge in [0.05, 0.1) is 10.9 Å². The number of sulfonamides is 1. The minimum atomic E-state index is -3.58. The van der Waals surface area contributed by atoms with E-state index in [0.717, 1.165) is 11.1 Å². The second-order valence-corrected chi connectivity index (χ2v) is 7.43. The smallest absolute Gasteiger partial charge is 0.240 e. The van der Waals surface area contributed by atoms with Crippen LogP contribution in [0.15, 0.2) is 59.5 Å². The van der Waals surface area contributed by atoms with Crippen LogP contribution in [-0.2, 0) is 14.8 Å². The van der Waals surface area contributed by atoms with Gasteiger partial charge in [-0.3, -0.25) is 4.79 Å².